The number of rotatable bonds is 8. The number of piperidine rings is 1. The number of hydrogen-bond donors (Lipinski definition) is 1. The van der Waals surface area contributed by atoms with Gasteiger partial charge in [0.05, 0.1) is 6.10 Å². The van der Waals surface area contributed by atoms with Crippen LogP contribution in [-0.4, -0.2) is 50.3 Å². The molecule has 3 heteroatoms. The van der Waals surface area contributed by atoms with Gasteiger partial charge in [-0.15, -0.1) is 0 Å². The van der Waals surface area contributed by atoms with Gasteiger partial charge < -0.3 is 15.0 Å². The minimum absolute atomic E-state index is 0.577. The maximum absolute atomic E-state index is 5.59. The Morgan fingerprint density at radius 3 is 2.61 bits per heavy atom. The average molecular weight is 254 g/mol. The topological polar surface area (TPSA) is 24.5 Å². The van der Waals surface area contributed by atoms with E-state index in [0.717, 1.165) is 12.5 Å². The van der Waals surface area contributed by atoms with Crippen LogP contribution in [0.25, 0.3) is 0 Å². The lowest BCUT2D eigenvalue weighted by Gasteiger charge is -2.35. The third-order valence-corrected chi connectivity index (χ3v) is 4.38. The highest BCUT2D eigenvalue weighted by atomic mass is 16.5. The van der Waals surface area contributed by atoms with Gasteiger partial charge in [-0.2, -0.15) is 0 Å². The van der Waals surface area contributed by atoms with Crippen LogP contribution in [0.3, 0.4) is 0 Å². The van der Waals surface area contributed by atoms with Crippen LogP contribution >= 0.6 is 0 Å². The third-order valence-electron chi connectivity index (χ3n) is 4.38. The molecule has 0 radical (unpaired) electrons. The Kier molecular flexibility index (Phi) is 6.46. The first kappa shape index (κ1) is 14.3. The van der Waals surface area contributed by atoms with Gasteiger partial charge in [-0.25, -0.2) is 0 Å². The van der Waals surface area contributed by atoms with Crippen LogP contribution in [0, 0.1) is 5.92 Å². The van der Waals surface area contributed by atoms with Crippen molar-refractivity contribution in [3.05, 3.63) is 0 Å². The van der Waals surface area contributed by atoms with E-state index in [0.29, 0.717) is 6.10 Å². The summed E-state index contributed by atoms with van der Waals surface area (Å²) in [5.74, 6) is 0.920. The van der Waals surface area contributed by atoms with Crippen molar-refractivity contribution in [2.45, 2.75) is 51.6 Å². The van der Waals surface area contributed by atoms with Crippen LogP contribution in [0.4, 0.5) is 0 Å². The van der Waals surface area contributed by atoms with Crippen LogP contribution in [-0.2, 0) is 4.74 Å². The van der Waals surface area contributed by atoms with E-state index in [4.69, 9.17) is 4.74 Å². The average Bonchev–Trinajstić information content (AvgIpc) is 2.36. The minimum Gasteiger partial charge on any atom is -0.378 e. The predicted molar refractivity (Wildman–Crippen MR) is 75.9 cm³/mol. The molecule has 2 aliphatic rings. The fourth-order valence-corrected chi connectivity index (χ4v) is 3.13. The molecule has 18 heavy (non-hydrogen) atoms. The molecule has 1 heterocycles. The van der Waals surface area contributed by atoms with Gasteiger partial charge in [-0.05, 0) is 64.6 Å². The molecular weight excluding hydrogens is 224 g/mol. The fraction of sp³-hybridized carbons (Fsp3) is 1.00. The normalized spacial score (nSPS) is 29.2. The van der Waals surface area contributed by atoms with Gasteiger partial charge >= 0.3 is 0 Å². The molecular formula is C15H30N2O. The quantitative estimate of drug-likeness (QED) is 0.673. The van der Waals surface area contributed by atoms with Crippen molar-refractivity contribution >= 4 is 0 Å². The van der Waals surface area contributed by atoms with E-state index >= 15 is 0 Å². The van der Waals surface area contributed by atoms with Gasteiger partial charge in [0, 0.05) is 19.7 Å². The van der Waals surface area contributed by atoms with Crippen molar-refractivity contribution < 1.29 is 4.74 Å². The van der Waals surface area contributed by atoms with E-state index in [2.05, 4.69) is 17.1 Å². The third kappa shape index (κ3) is 4.87. The first-order chi connectivity index (χ1) is 8.88. The summed E-state index contributed by atoms with van der Waals surface area (Å²) in [5.41, 5.74) is 0. The maximum Gasteiger partial charge on any atom is 0.0580 e. The van der Waals surface area contributed by atoms with Crippen LogP contribution < -0.4 is 5.32 Å². The van der Waals surface area contributed by atoms with Crippen LogP contribution in [0.1, 0.15) is 45.4 Å². The van der Waals surface area contributed by atoms with E-state index in [-0.39, 0.29) is 0 Å². The number of hydrogen-bond acceptors (Lipinski definition) is 3. The van der Waals surface area contributed by atoms with E-state index in [9.17, 15) is 0 Å². The first-order valence-electron chi connectivity index (χ1n) is 7.93. The number of nitrogens with zero attached hydrogens (tertiary/aromatic N) is 1. The summed E-state index contributed by atoms with van der Waals surface area (Å²) in [6.45, 7) is 9.22. The second-order valence-corrected chi connectivity index (χ2v) is 5.86. The Labute approximate surface area is 112 Å². The van der Waals surface area contributed by atoms with Gasteiger partial charge in [0.2, 0.25) is 0 Å². The Morgan fingerprint density at radius 1 is 1.11 bits per heavy atom. The predicted octanol–water partition coefficient (Wildman–Crippen LogP) is 2.27. The van der Waals surface area contributed by atoms with Crippen LogP contribution in [0.5, 0.6) is 0 Å². The zero-order chi connectivity index (χ0) is 12.6. The molecule has 1 saturated heterocycles. The molecule has 1 aliphatic carbocycles. The molecule has 2 rings (SSSR count). The van der Waals surface area contributed by atoms with Crippen LogP contribution in [0.2, 0.25) is 0 Å². The van der Waals surface area contributed by atoms with Crippen molar-refractivity contribution in [1.82, 2.24) is 10.2 Å². The smallest absolute Gasteiger partial charge is 0.0580 e. The molecule has 0 bridgehead atoms. The molecule has 0 aromatic rings. The second kappa shape index (κ2) is 8.13. The summed E-state index contributed by atoms with van der Waals surface area (Å²) in [5, 5.41) is 3.60. The fourth-order valence-electron chi connectivity index (χ4n) is 3.13. The zero-order valence-electron chi connectivity index (χ0n) is 12.0. The molecule has 3 nitrogen and oxygen atoms in total. The van der Waals surface area contributed by atoms with E-state index < -0.39 is 0 Å². The first-order valence-corrected chi connectivity index (χ1v) is 7.93. The number of likely N-dealkylation sites (tertiary alicyclic amines) is 1. The Morgan fingerprint density at radius 2 is 1.89 bits per heavy atom. The minimum atomic E-state index is 0.577. The summed E-state index contributed by atoms with van der Waals surface area (Å²) in [6, 6.07) is 0. The van der Waals surface area contributed by atoms with Gasteiger partial charge in [-0.1, -0.05) is 6.42 Å². The number of ether oxygens (including phenoxy) is 1. The van der Waals surface area contributed by atoms with Crippen molar-refractivity contribution in [2.75, 3.05) is 39.3 Å². The summed E-state index contributed by atoms with van der Waals surface area (Å²) < 4.78 is 5.59. The highest BCUT2D eigenvalue weighted by Gasteiger charge is 2.28. The Balaban J connectivity index is 1.38. The van der Waals surface area contributed by atoms with Crippen molar-refractivity contribution in [3.8, 4) is 0 Å². The summed E-state index contributed by atoms with van der Waals surface area (Å²) in [6.07, 6.45) is 8.75. The summed E-state index contributed by atoms with van der Waals surface area (Å²) in [4.78, 5) is 2.60. The van der Waals surface area contributed by atoms with Gasteiger partial charge in [0.15, 0.2) is 0 Å². The Hall–Kier alpha value is -0.120. The second-order valence-electron chi connectivity index (χ2n) is 5.86. The number of nitrogens with one attached hydrogen (secondary N) is 1. The van der Waals surface area contributed by atoms with Crippen LogP contribution in [0.15, 0.2) is 0 Å². The highest BCUT2D eigenvalue weighted by molar-refractivity contribution is 4.80. The lowest BCUT2D eigenvalue weighted by atomic mass is 9.80. The van der Waals surface area contributed by atoms with Gasteiger partial charge in [0.25, 0.3) is 0 Å². The van der Waals surface area contributed by atoms with Gasteiger partial charge in [0.1, 0.15) is 0 Å². The summed E-state index contributed by atoms with van der Waals surface area (Å²) in [7, 11) is 0. The van der Waals surface area contributed by atoms with E-state index in [1.807, 2.05) is 0 Å². The highest BCUT2D eigenvalue weighted by Crippen LogP contribution is 2.32. The lowest BCUT2D eigenvalue weighted by Crippen LogP contribution is -2.37. The molecule has 2 fully saturated rings. The lowest BCUT2D eigenvalue weighted by molar-refractivity contribution is -0.0263. The monoisotopic (exact) mass is 254 g/mol. The molecule has 0 aromatic heterocycles. The maximum atomic E-state index is 5.59. The van der Waals surface area contributed by atoms with Gasteiger partial charge in [-0.3, -0.25) is 0 Å². The molecule has 1 saturated carbocycles. The van der Waals surface area contributed by atoms with E-state index in [1.54, 1.807) is 0 Å². The largest absolute Gasteiger partial charge is 0.378 e. The molecule has 0 amide bonds. The molecule has 1 aliphatic heterocycles. The molecule has 1 N–H and O–H groups in total. The molecule has 0 unspecified atom stereocenters. The van der Waals surface area contributed by atoms with Crippen molar-refractivity contribution in [2.24, 2.45) is 5.92 Å². The van der Waals surface area contributed by atoms with E-state index in [1.165, 1.54) is 71.2 Å². The molecule has 106 valence electrons. The standard InChI is InChI=1S/C15H30N2O/c1-2-18-15-12-14(13-15)6-7-16-8-11-17-9-4-3-5-10-17/h14-16H,2-13H2,1H3. The summed E-state index contributed by atoms with van der Waals surface area (Å²) >= 11 is 0. The Bertz CT molecular complexity index is 211. The molecule has 0 aromatic carbocycles. The van der Waals surface area contributed by atoms with Crippen molar-refractivity contribution in [1.29, 1.82) is 0 Å². The molecule has 0 spiro atoms. The SMILES string of the molecule is CCOC1CC(CCNCCN2CCCCC2)C1. The zero-order valence-corrected chi connectivity index (χ0v) is 12.0. The molecule has 0 atom stereocenters. The van der Waals surface area contributed by atoms with Crippen molar-refractivity contribution in [3.63, 3.8) is 0 Å².